The highest BCUT2D eigenvalue weighted by atomic mass is 16.6. The van der Waals surface area contributed by atoms with Crippen molar-refractivity contribution in [1.29, 1.82) is 0 Å². The summed E-state index contributed by atoms with van der Waals surface area (Å²) < 4.78 is 16.8. The minimum atomic E-state index is -0.199. The first kappa shape index (κ1) is 62.3. The Bertz CT molecular complexity index is 1860. The first-order valence-electron chi connectivity index (χ1n) is 26.0. The minimum absolute atomic E-state index is 0.0722. The predicted molar refractivity (Wildman–Crippen MR) is 287 cm³/mol. The molecule has 0 saturated heterocycles. The highest BCUT2D eigenvalue weighted by molar-refractivity contribution is 6.07. The molecule has 0 fully saturated rings. The second-order valence-electron chi connectivity index (χ2n) is 17.3. The Labute approximate surface area is 422 Å². The zero-order chi connectivity index (χ0) is 51.6. The molecule has 384 valence electrons. The van der Waals surface area contributed by atoms with Crippen molar-refractivity contribution >= 4 is 35.3 Å². The number of carbonyl (C=O) groups is 6. The van der Waals surface area contributed by atoms with E-state index in [1.165, 1.54) is 0 Å². The summed E-state index contributed by atoms with van der Waals surface area (Å²) >= 11 is 0. The maximum Gasteiger partial charge on any atom is 0.306 e. The summed E-state index contributed by atoms with van der Waals surface area (Å²) in [7, 11) is 0. The molecule has 3 aliphatic rings. The van der Waals surface area contributed by atoms with E-state index in [1.807, 2.05) is 94.5 Å². The van der Waals surface area contributed by atoms with Crippen LogP contribution >= 0.6 is 0 Å². The fourth-order valence-electron chi connectivity index (χ4n) is 7.27. The van der Waals surface area contributed by atoms with Crippen LogP contribution < -0.4 is 0 Å². The van der Waals surface area contributed by atoms with Crippen LogP contribution in [0.25, 0.3) is 0 Å². The third-order valence-corrected chi connectivity index (χ3v) is 11.3. The number of hydrogen-bond acceptors (Lipinski definition) is 9. The van der Waals surface area contributed by atoms with Gasteiger partial charge in [-0.1, -0.05) is 137 Å². The van der Waals surface area contributed by atoms with Gasteiger partial charge < -0.3 is 14.2 Å². The Hall–Kier alpha value is -5.70. The summed E-state index contributed by atoms with van der Waals surface area (Å²) in [5.74, 6) is -0.0889. The third-order valence-electron chi connectivity index (χ3n) is 11.3. The molecule has 3 rings (SSSR count). The summed E-state index contributed by atoms with van der Waals surface area (Å²) in [4.78, 5) is 70.9. The normalized spacial score (nSPS) is 18.6. The lowest BCUT2D eigenvalue weighted by Crippen LogP contribution is -2.17. The van der Waals surface area contributed by atoms with Crippen molar-refractivity contribution in [1.82, 2.24) is 0 Å². The second-order valence-corrected chi connectivity index (χ2v) is 17.3. The van der Waals surface area contributed by atoms with Crippen LogP contribution in [0.15, 0.2) is 144 Å². The zero-order valence-electron chi connectivity index (χ0n) is 43.8. The van der Waals surface area contributed by atoms with E-state index in [9.17, 15) is 28.8 Å². The van der Waals surface area contributed by atoms with Crippen LogP contribution in [-0.2, 0) is 43.0 Å². The van der Waals surface area contributed by atoms with Gasteiger partial charge in [0, 0.05) is 69.3 Å². The van der Waals surface area contributed by atoms with Crippen LogP contribution in [0.4, 0.5) is 0 Å². The maximum atomic E-state index is 12.0. The number of ether oxygens (including phenoxy) is 3. The SMILES string of the molecule is C/C=C\CCCC(=O)OC(C/C=C\CC)C/C=C1/C(=O)C=CC1C.C/C=C\CCCC(=O)OC(C/C=C\CC)C/C=C1\CC=CC1=O.C/C=C\CCCC(=O)OC(C/C=C\CC)C/C=C1\CC=CC1=O. The molecule has 0 radical (unpaired) electrons. The Morgan fingerprint density at radius 2 is 0.857 bits per heavy atom. The highest BCUT2D eigenvalue weighted by Crippen LogP contribution is 2.23. The van der Waals surface area contributed by atoms with Gasteiger partial charge in [0.25, 0.3) is 0 Å². The number of allylic oxidation sites excluding steroid dienone is 18. The lowest BCUT2D eigenvalue weighted by molar-refractivity contribution is -0.149. The van der Waals surface area contributed by atoms with Gasteiger partial charge >= 0.3 is 17.9 Å². The summed E-state index contributed by atoms with van der Waals surface area (Å²) in [5.41, 5.74) is 2.42. The van der Waals surface area contributed by atoms with E-state index in [4.69, 9.17) is 14.2 Å². The quantitative estimate of drug-likeness (QED) is 0.0227. The van der Waals surface area contributed by atoms with Gasteiger partial charge in [0.1, 0.15) is 18.3 Å². The molecule has 0 aliphatic heterocycles. The summed E-state index contributed by atoms with van der Waals surface area (Å²) in [6.45, 7) is 14.1. The van der Waals surface area contributed by atoms with E-state index in [0.29, 0.717) is 70.6 Å². The summed E-state index contributed by atoms with van der Waals surface area (Å²) in [5, 5.41) is 0. The molecule has 0 heterocycles. The van der Waals surface area contributed by atoms with Crippen molar-refractivity contribution in [3.8, 4) is 0 Å². The zero-order valence-corrected chi connectivity index (χ0v) is 43.8. The molecular formula is C61H86O9. The molecule has 0 N–H and O–H groups in total. The largest absolute Gasteiger partial charge is 0.462 e. The van der Waals surface area contributed by atoms with Gasteiger partial charge in [-0.05, 0) is 121 Å². The number of hydrogen-bond donors (Lipinski definition) is 0. The van der Waals surface area contributed by atoms with Gasteiger partial charge in [0.2, 0.25) is 0 Å². The number of rotatable bonds is 30. The van der Waals surface area contributed by atoms with Gasteiger partial charge in [-0.3, -0.25) is 28.8 Å². The Morgan fingerprint density at radius 1 is 0.500 bits per heavy atom. The minimum Gasteiger partial charge on any atom is -0.462 e. The Morgan fingerprint density at radius 3 is 1.14 bits per heavy atom. The van der Waals surface area contributed by atoms with Gasteiger partial charge in [-0.15, -0.1) is 0 Å². The molecule has 0 aromatic carbocycles. The van der Waals surface area contributed by atoms with E-state index < -0.39 is 0 Å². The third kappa shape index (κ3) is 30.7. The predicted octanol–water partition coefficient (Wildman–Crippen LogP) is 14.8. The average Bonchev–Trinajstić information content (AvgIpc) is 4.06. The lowest BCUT2D eigenvalue weighted by atomic mass is 10.0. The molecule has 4 unspecified atom stereocenters. The number of ketones is 3. The fraction of sp³-hybridized carbons (Fsp3) is 0.508. The molecule has 0 amide bonds. The number of carbonyl (C=O) groups excluding carboxylic acids is 6. The van der Waals surface area contributed by atoms with Gasteiger partial charge in [0.05, 0.1) is 0 Å². The molecule has 3 aliphatic carbocycles. The van der Waals surface area contributed by atoms with E-state index in [1.54, 1.807) is 18.2 Å². The molecule has 0 spiro atoms. The highest BCUT2D eigenvalue weighted by Gasteiger charge is 2.21. The van der Waals surface area contributed by atoms with Gasteiger partial charge in [-0.2, -0.15) is 0 Å². The molecule has 0 aromatic heterocycles. The average molecular weight is 963 g/mol. The van der Waals surface area contributed by atoms with Crippen LogP contribution in [0.1, 0.15) is 177 Å². The topological polar surface area (TPSA) is 130 Å². The monoisotopic (exact) mass is 963 g/mol. The Balaban J connectivity index is 0.000000525. The molecule has 0 saturated carbocycles. The molecule has 9 heteroatoms. The number of unbranched alkanes of at least 4 members (excludes halogenated alkanes) is 3. The van der Waals surface area contributed by atoms with Crippen molar-refractivity contribution in [3.63, 3.8) is 0 Å². The van der Waals surface area contributed by atoms with Crippen LogP contribution in [0, 0.1) is 5.92 Å². The lowest BCUT2D eigenvalue weighted by Gasteiger charge is -2.15. The first-order chi connectivity index (χ1) is 33.9. The first-order valence-corrected chi connectivity index (χ1v) is 26.0. The standard InChI is InChI=1S/C21H30O3.2C20H28O3/c1-4-6-8-10-12-21(23)24-18(11-9-7-5-2)14-15-19-17(3)13-16-20(19)22;2*1-3-5-7-9-14-20(22)23-18(12-8-6-4-2)16-15-17-11-10-13-19(17)21/h4,6-7,9,13,15-18H,5,8,10-12,14H2,1-3H3;2*3,5-6,8,10,13,15,18H,4,7,9,11-12,14,16H2,1-2H3/b6-4-,9-7-,19-15+;2*5-3-,8-6-,17-15+. The molecule has 0 bridgehead atoms. The van der Waals surface area contributed by atoms with Gasteiger partial charge in [0.15, 0.2) is 17.3 Å². The van der Waals surface area contributed by atoms with E-state index in [-0.39, 0.29) is 59.5 Å². The van der Waals surface area contributed by atoms with Crippen molar-refractivity contribution in [3.05, 3.63) is 144 Å². The van der Waals surface area contributed by atoms with Crippen LogP contribution in [0.5, 0.6) is 0 Å². The summed E-state index contributed by atoms with van der Waals surface area (Å²) in [6.07, 6.45) is 54.7. The van der Waals surface area contributed by atoms with E-state index in [2.05, 4.69) is 63.3 Å². The van der Waals surface area contributed by atoms with Crippen LogP contribution in [-0.4, -0.2) is 53.6 Å². The molecule has 0 aromatic rings. The molecular weight excluding hydrogens is 877 g/mol. The fourth-order valence-corrected chi connectivity index (χ4v) is 7.27. The molecule has 70 heavy (non-hydrogen) atoms. The van der Waals surface area contributed by atoms with E-state index >= 15 is 0 Å². The molecule has 9 nitrogen and oxygen atoms in total. The van der Waals surface area contributed by atoms with Crippen molar-refractivity contribution in [2.75, 3.05) is 0 Å². The molecule has 4 atom stereocenters. The van der Waals surface area contributed by atoms with Crippen molar-refractivity contribution < 1.29 is 43.0 Å². The van der Waals surface area contributed by atoms with Crippen LogP contribution in [0.3, 0.4) is 0 Å². The number of esters is 3. The smallest absolute Gasteiger partial charge is 0.306 e. The second kappa shape index (κ2) is 41.1. The van der Waals surface area contributed by atoms with Gasteiger partial charge in [-0.25, -0.2) is 0 Å². The van der Waals surface area contributed by atoms with Crippen molar-refractivity contribution in [2.24, 2.45) is 5.92 Å². The summed E-state index contributed by atoms with van der Waals surface area (Å²) in [6, 6.07) is 0. The van der Waals surface area contributed by atoms with Crippen LogP contribution in [0.2, 0.25) is 0 Å². The Kier molecular flexibility index (Phi) is 36.6. The maximum absolute atomic E-state index is 12.0. The van der Waals surface area contributed by atoms with Crippen molar-refractivity contribution in [2.45, 2.75) is 195 Å². The van der Waals surface area contributed by atoms with E-state index in [0.717, 1.165) is 74.5 Å².